The fourth-order valence-electron chi connectivity index (χ4n) is 2.93. The summed E-state index contributed by atoms with van der Waals surface area (Å²) in [5.41, 5.74) is 0.934. The van der Waals surface area contributed by atoms with E-state index in [-0.39, 0.29) is 4.90 Å². The van der Waals surface area contributed by atoms with Gasteiger partial charge >= 0.3 is 0 Å². The summed E-state index contributed by atoms with van der Waals surface area (Å²) < 4.78 is 35.0. The molecule has 0 amide bonds. The molecule has 0 atom stereocenters. The molecular weight excluding hydrogens is 352 g/mol. The fraction of sp³-hybridized carbons (Fsp3) is 0.333. The van der Waals surface area contributed by atoms with Gasteiger partial charge in [0.1, 0.15) is 5.75 Å². The molecule has 136 valence electrons. The van der Waals surface area contributed by atoms with Crippen LogP contribution in [0.4, 0.5) is 5.69 Å². The van der Waals surface area contributed by atoms with E-state index in [0.29, 0.717) is 29.6 Å². The minimum Gasteiger partial charge on any atom is -0.494 e. The van der Waals surface area contributed by atoms with Crippen molar-refractivity contribution in [2.45, 2.75) is 37.0 Å². The predicted molar refractivity (Wildman–Crippen MR) is 98.0 cm³/mol. The average molecular weight is 372 g/mol. The van der Waals surface area contributed by atoms with Crippen LogP contribution in [0, 0.1) is 0 Å². The molecule has 2 aromatic heterocycles. The second kappa shape index (κ2) is 6.60. The van der Waals surface area contributed by atoms with Crippen molar-refractivity contribution < 1.29 is 13.2 Å². The Morgan fingerprint density at radius 3 is 2.65 bits per heavy atom. The van der Waals surface area contributed by atoms with E-state index in [1.165, 1.54) is 18.6 Å². The summed E-state index contributed by atoms with van der Waals surface area (Å²) in [5.74, 6) is 1.80. The summed E-state index contributed by atoms with van der Waals surface area (Å²) in [5, 5.41) is 4.48. The van der Waals surface area contributed by atoms with Gasteiger partial charge in [-0.15, -0.1) is 0 Å². The maximum atomic E-state index is 12.7. The zero-order valence-electron chi connectivity index (χ0n) is 14.4. The van der Waals surface area contributed by atoms with E-state index in [2.05, 4.69) is 14.8 Å². The second-order valence-corrected chi connectivity index (χ2v) is 7.98. The summed E-state index contributed by atoms with van der Waals surface area (Å²) in [4.78, 5) is 4.72. The highest BCUT2D eigenvalue weighted by atomic mass is 32.2. The van der Waals surface area contributed by atoms with Gasteiger partial charge in [0.15, 0.2) is 11.5 Å². The Morgan fingerprint density at radius 1 is 1.23 bits per heavy atom. The molecule has 0 spiro atoms. The Hall–Kier alpha value is -2.61. The first-order valence-electron chi connectivity index (χ1n) is 8.68. The van der Waals surface area contributed by atoms with Crippen molar-refractivity contribution in [3.63, 3.8) is 0 Å². The van der Waals surface area contributed by atoms with E-state index in [1.54, 1.807) is 35.0 Å². The van der Waals surface area contributed by atoms with Gasteiger partial charge < -0.3 is 4.74 Å². The molecule has 1 aromatic carbocycles. The minimum atomic E-state index is -3.73. The molecule has 0 aliphatic heterocycles. The third-order valence-corrected chi connectivity index (χ3v) is 5.92. The van der Waals surface area contributed by atoms with Crippen molar-refractivity contribution >= 4 is 21.4 Å². The predicted octanol–water partition coefficient (Wildman–Crippen LogP) is 3.20. The number of fused-ring (bicyclic) bond motifs is 1. The smallest absolute Gasteiger partial charge is 0.262 e. The number of benzene rings is 1. The molecule has 7 nitrogen and oxygen atoms in total. The largest absolute Gasteiger partial charge is 0.494 e. The molecule has 2 heterocycles. The van der Waals surface area contributed by atoms with Crippen LogP contribution in [0.1, 0.15) is 37.9 Å². The molecule has 4 rings (SSSR count). The van der Waals surface area contributed by atoms with Crippen LogP contribution >= 0.6 is 0 Å². The summed E-state index contributed by atoms with van der Waals surface area (Å²) in [6, 6.07) is 9.78. The molecule has 26 heavy (non-hydrogen) atoms. The molecule has 8 heteroatoms. The van der Waals surface area contributed by atoms with Crippen LogP contribution in [0.25, 0.3) is 5.65 Å². The van der Waals surface area contributed by atoms with Crippen LogP contribution < -0.4 is 9.46 Å². The lowest BCUT2D eigenvalue weighted by atomic mass is 9.85. The molecule has 0 radical (unpaired) electrons. The van der Waals surface area contributed by atoms with Gasteiger partial charge in [-0.2, -0.15) is 5.10 Å². The number of anilines is 1. The van der Waals surface area contributed by atoms with Crippen molar-refractivity contribution in [1.29, 1.82) is 0 Å². The quantitative estimate of drug-likeness (QED) is 0.718. The lowest BCUT2D eigenvalue weighted by Crippen LogP contribution is -2.13. The Kier molecular flexibility index (Phi) is 4.28. The third kappa shape index (κ3) is 3.12. The van der Waals surface area contributed by atoms with Crippen molar-refractivity contribution in [1.82, 2.24) is 14.6 Å². The van der Waals surface area contributed by atoms with E-state index in [9.17, 15) is 8.42 Å². The second-order valence-electron chi connectivity index (χ2n) is 6.30. The lowest BCUT2D eigenvalue weighted by Gasteiger charge is -2.21. The highest BCUT2D eigenvalue weighted by Gasteiger charge is 2.25. The number of nitrogens with zero attached hydrogens (tertiary/aromatic N) is 3. The van der Waals surface area contributed by atoms with Crippen LogP contribution in [0.5, 0.6) is 5.75 Å². The summed E-state index contributed by atoms with van der Waals surface area (Å²) in [7, 11) is -3.73. The number of pyridine rings is 1. The van der Waals surface area contributed by atoms with Crippen molar-refractivity contribution in [2.75, 3.05) is 11.3 Å². The van der Waals surface area contributed by atoms with Gasteiger partial charge in [-0.3, -0.25) is 4.72 Å². The van der Waals surface area contributed by atoms with E-state index >= 15 is 0 Å². The number of aromatic nitrogens is 3. The van der Waals surface area contributed by atoms with E-state index in [1.807, 2.05) is 6.92 Å². The maximum Gasteiger partial charge on any atom is 0.262 e. The van der Waals surface area contributed by atoms with Crippen molar-refractivity contribution in [3.05, 3.63) is 48.4 Å². The Morgan fingerprint density at radius 2 is 2.00 bits per heavy atom. The Balaban J connectivity index is 1.63. The van der Waals surface area contributed by atoms with Gasteiger partial charge in [0.2, 0.25) is 0 Å². The molecule has 1 aliphatic rings. The van der Waals surface area contributed by atoms with Crippen LogP contribution in [-0.4, -0.2) is 29.6 Å². The van der Waals surface area contributed by atoms with Crippen LogP contribution in [0.15, 0.2) is 47.5 Å². The first-order valence-corrected chi connectivity index (χ1v) is 10.2. The van der Waals surface area contributed by atoms with E-state index in [4.69, 9.17) is 4.74 Å². The zero-order chi connectivity index (χ0) is 18.1. The fourth-order valence-corrected chi connectivity index (χ4v) is 3.99. The normalized spacial score (nSPS) is 15.0. The number of hydrogen-bond acceptors (Lipinski definition) is 5. The van der Waals surface area contributed by atoms with Crippen LogP contribution in [0.3, 0.4) is 0 Å². The van der Waals surface area contributed by atoms with Crippen LogP contribution in [0.2, 0.25) is 0 Å². The Labute approximate surface area is 152 Å². The van der Waals surface area contributed by atoms with Crippen molar-refractivity contribution in [2.24, 2.45) is 0 Å². The zero-order valence-corrected chi connectivity index (χ0v) is 15.2. The monoisotopic (exact) mass is 372 g/mol. The van der Waals surface area contributed by atoms with Gasteiger partial charge in [-0.25, -0.2) is 17.9 Å². The number of ether oxygens (including phenoxy) is 1. The first kappa shape index (κ1) is 16.8. The SMILES string of the molecule is CCOc1ccc(S(=O)(=O)Nc2cccn3nc(C4CCC4)nc23)cc1. The topological polar surface area (TPSA) is 85.6 Å². The van der Waals surface area contributed by atoms with E-state index in [0.717, 1.165) is 18.7 Å². The van der Waals surface area contributed by atoms with Gasteiger partial charge in [-0.05, 0) is 56.2 Å². The van der Waals surface area contributed by atoms with E-state index < -0.39 is 10.0 Å². The summed E-state index contributed by atoms with van der Waals surface area (Å²) in [6.45, 7) is 2.41. The summed E-state index contributed by atoms with van der Waals surface area (Å²) >= 11 is 0. The average Bonchev–Trinajstić information content (AvgIpc) is 2.98. The molecule has 0 bridgehead atoms. The third-order valence-electron chi connectivity index (χ3n) is 4.54. The van der Waals surface area contributed by atoms with Crippen LogP contribution in [-0.2, 0) is 10.0 Å². The molecule has 1 saturated carbocycles. The molecule has 3 aromatic rings. The first-order chi connectivity index (χ1) is 12.6. The van der Waals surface area contributed by atoms with Crippen molar-refractivity contribution in [3.8, 4) is 5.75 Å². The molecule has 0 unspecified atom stereocenters. The van der Waals surface area contributed by atoms with Gasteiger partial charge in [-0.1, -0.05) is 6.42 Å². The highest BCUT2D eigenvalue weighted by Crippen LogP contribution is 2.35. The maximum absolute atomic E-state index is 12.7. The van der Waals surface area contributed by atoms with Gasteiger partial charge in [0, 0.05) is 12.1 Å². The number of sulfonamides is 1. The molecule has 1 N–H and O–H groups in total. The molecule has 1 fully saturated rings. The highest BCUT2D eigenvalue weighted by molar-refractivity contribution is 7.92. The summed E-state index contributed by atoms with van der Waals surface area (Å²) in [6.07, 6.45) is 5.14. The lowest BCUT2D eigenvalue weighted by molar-refractivity contribution is 0.340. The van der Waals surface area contributed by atoms with Gasteiger partial charge in [0.25, 0.3) is 10.0 Å². The molecule has 0 saturated heterocycles. The standard InChI is InChI=1S/C18H20N4O3S/c1-2-25-14-8-10-15(11-9-14)26(23,24)21-16-7-4-12-22-18(16)19-17(20-22)13-5-3-6-13/h4,7-13,21H,2-3,5-6H2,1H3. The number of nitrogens with one attached hydrogen (secondary N) is 1. The molecular formula is C18H20N4O3S. The Bertz CT molecular complexity index is 1020. The van der Waals surface area contributed by atoms with Gasteiger partial charge in [0.05, 0.1) is 17.2 Å². The minimum absolute atomic E-state index is 0.168. The molecule has 1 aliphatic carbocycles. The number of hydrogen-bond donors (Lipinski definition) is 1. The number of rotatable bonds is 6.